The molecule has 0 spiro atoms. The van der Waals surface area contributed by atoms with Crippen molar-refractivity contribution in [1.82, 2.24) is 0 Å². The first-order chi connectivity index (χ1) is 8.03. The van der Waals surface area contributed by atoms with Gasteiger partial charge < -0.3 is 5.11 Å². The van der Waals surface area contributed by atoms with Crippen molar-refractivity contribution in [1.29, 1.82) is 0 Å². The molecule has 19 heavy (non-hydrogen) atoms. The number of carboxylic acids is 1. The minimum absolute atomic E-state index is 0. The maximum Gasteiger partial charge on any atom is 0.335 e. The van der Waals surface area contributed by atoms with Gasteiger partial charge >= 0.3 is 5.97 Å². The molecule has 0 aliphatic carbocycles. The van der Waals surface area contributed by atoms with Gasteiger partial charge in [-0.05, 0) is 27.7 Å². The number of rotatable bonds is 2. The predicted molar refractivity (Wildman–Crippen MR) is 89.8 cm³/mol. The molecule has 0 bridgehead atoms. The topological polar surface area (TPSA) is 37.3 Å². The molecule has 1 N–H and O–H groups in total. The Balaban J connectivity index is 0.00000324. The molecule has 0 aliphatic heterocycles. The Morgan fingerprint density at radius 2 is 1.53 bits per heavy atom. The second-order valence-corrected chi connectivity index (χ2v) is 10.4. The molecule has 0 atom stereocenters. The summed E-state index contributed by atoms with van der Waals surface area (Å²) in [4.78, 5) is 11.1. The molecule has 108 valence electrons. The Bertz CT molecular complexity index is 430. The fraction of sp³-hybridized carbons (Fsp3) is 0.533. The zero-order valence-electron chi connectivity index (χ0n) is 12.5. The van der Waals surface area contributed by atoms with Crippen LogP contribution in [0.2, 0.25) is 0 Å². The average molecular weight is 347 g/mol. The Morgan fingerprint density at radius 3 is 1.89 bits per heavy atom. The van der Waals surface area contributed by atoms with Gasteiger partial charge in [0, 0.05) is 0 Å². The van der Waals surface area contributed by atoms with Gasteiger partial charge in [0.15, 0.2) is 0 Å². The number of carbonyl (C=O) groups is 1. The monoisotopic (exact) mass is 346 g/mol. The lowest BCUT2D eigenvalue weighted by molar-refractivity contribution is 0.0697. The summed E-state index contributed by atoms with van der Waals surface area (Å²) in [6.07, 6.45) is 0. The molecule has 1 aromatic rings. The largest absolute Gasteiger partial charge is 0.478 e. The minimum atomic E-state index is -0.852. The van der Waals surface area contributed by atoms with Crippen LogP contribution in [-0.4, -0.2) is 21.4 Å². The molecular formula is C15H24BrO2P. The van der Waals surface area contributed by atoms with Crippen LogP contribution in [0.5, 0.6) is 0 Å². The standard InChI is InChI=1S/C15H23O2P.BrH/c1-14(2,3)18(15(4,5)6)12-9-7-8-11(10-12)13(16)17;/h7-10H,1-6H3,(H,16,17);1H. The van der Waals surface area contributed by atoms with Crippen LogP contribution in [0.25, 0.3) is 0 Å². The van der Waals surface area contributed by atoms with E-state index in [1.165, 1.54) is 5.30 Å². The summed E-state index contributed by atoms with van der Waals surface area (Å²) in [5.74, 6) is -0.852. The first-order valence-corrected chi connectivity index (χ1v) is 7.51. The summed E-state index contributed by atoms with van der Waals surface area (Å²) in [7, 11) is -0.442. The van der Waals surface area contributed by atoms with E-state index < -0.39 is 13.9 Å². The quantitative estimate of drug-likeness (QED) is 0.790. The molecule has 0 saturated heterocycles. The van der Waals surface area contributed by atoms with Gasteiger partial charge in [-0.15, -0.1) is 17.0 Å². The van der Waals surface area contributed by atoms with E-state index in [0.29, 0.717) is 5.56 Å². The number of aromatic carboxylic acids is 1. The molecule has 0 radical (unpaired) electrons. The van der Waals surface area contributed by atoms with Gasteiger partial charge in [-0.25, -0.2) is 4.79 Å². The second-order valence-electron chi connectivity index (χ2n) is 6.53. The van der Waals surface area contributed by atoms with Crippen LogP contribution in [0.4, 0.5) is 0 Å². The lowest BCUT2D eigenvalue weighted by Crippen LogP contribution is -2.31. The average Bonchev–Trinajstić information content (AvgIpc) is 2.13. The number of benzene rings is 1. The van der Waals surface area contributed by atoms with Gasteiger partial charge in [-0.3, -0.25) is 0 Å². The molecule has 0 fully saturated rings. The van der Waals surface area contributed by atoms with Crippen LogP contribution in [0, 0.1) is 0 Å². The summed E-state index contributed by atoms with van der Waals surface area (Å²) in [5, 5.41) is 10.6. The third-order valence-corrected chi connectivity index (χ3v) is 6.17. The Hall–Kier alpha value is -0.400. The highest BCUT2D eigenvalue weighted by Crippen LogP contribution is 2.58. The number of hydrogen-bond acceptors (Lipinski definition) is 1. The van der Waals surface area contributed by atoms with E-state index in [9.17, 15) is 4.79 Å². The van der Waals surface area contributed by atoms with Crippen LogP contribution >= 0.6 is 24.9 Å². The maximum atomic E-state index is 11.1. The summed E-state index contributed by atoms with van der Waals surface area (Å²) >= 11 is 0. The van der Waals surface area contributed by atoms with Crippen LogP contribution in [-0.2, 0) is 0 Å². The van der Waals surface area contributed by atoms with Crippen molar-refractivity contribution in [2.75, 3.05) is 0 Å². The van der Waals surface area contributed by atoms with Crippen LogP contribution in [0.15, 0.2) is 24.3 Å². The fourth-order valence-corrected chi connectivity index (χ4v) is 6.62. The molecule has 1 aromatic carbocycles. The Morgan fingerprint density at radius 1 is 1.05 bits per heavy atom. The smallest absolute Gasteiger partial charge is 0.335 e. The van der Waals surface area contributed by atoms with E-state index in [1.807, 2.05) is 12.1 Å². The van der Waals surface area contributed by atoms with Crippen LogP contribution < -0.4 is 5.30 Å². The van der Waals surface area contributed by atoms with E-state index in [2.05, 4.69) is 47.6 Å². The fourth-order valence-electron chi connectivity index (χ4n) is 2.56. The second kappa shape index (κ2) is 6.37. The highest BCUT2D eigenvalue weighted by molar-refractivity contribution is 8.93. The molecule has 0 heterocycles. The Labute approximate surface area is 128 Å². The molecule has 0 saturated carbocycles. The predicted octanol–water partition coefficient (Wildman–Crippen LogP) is 4.67. The van der Waals surface area contributed by atoms with E-state index >= 15 is 0 Å². The highest BCUT2D eigenvalue weighted by atomic mass is 79.9. The summed E-state index contributed by atoms with van der Waals surface area (Å²) in [6, 6.07) is 7.41. The van der Waals surface area contributed by atoms with Crippen molar-refractivity contribution in [2.24, 2.45) is 0 Å². The molecule has 1 rings (SSSR count). The van der Waals surface area contributed by atoms with Crippen molar-refractivity contribution in [3.8, 4) is 0 Å². The molecule has 0 unspecified atom stereocenters. The van der Waals surface area contributed by atoms with Crippen molar-refractivity contribution in [3.63, 3.8) is 0 Å². The molecule has 0 aromatic heterocycles. The highest BCUT2D eigenvalue weighted by Gasteiger charge is 2.35. The normalized spacial score (nSPS) is 12.2. The number of halogens is 1. The zero-order chi connectivity index (χ0) is 14.1. The van der Waals surface area contributed by atoms with Gasteiger partial charge in [0.1, 0.15) is 0 Å². The number of carboxylic acid groups (broad SMARTS) is 1. The SMILES string of the molecule is Br.CC(C)(C)P(c1cccc(C(=O)O)c1)C(C)(C)C. The summed E-state index contributed by atoms with van der Waals surface area (Å²) < 4.78 is 0. The van der Waals surface area contributed by atoms with Gasteiger partial charge in [0.2, 0.25) is 0 Å². The van der Waals surface area contributed by atoms with Crippen LogP contribution in [0.1, 0.15) is 51.9 Å². The molecule has 0 aliphatic rings. The third-order valence-electron chi connectivity index (χ3n) is 2.69. The molecule has 4 heteroatoms. The van der Waals surface area contributed by atoms with Gasteiger partial charge in [-0.1, -0.05) is 61.6 Å². The molecule has 2 nitrogen and oxygen atoms in total. The lowest BCUT2D eigenvalue weighted by atomic mass is 10.2. The van der Waals surface area contributed by atoms with Crippen molar-refractivity contribution >= 4 is 36.2 Å². The lowest BCUT2D eigenvalue weighted by Gasteiger charge is -2.41. The summed E-state index contributed by atoms with van der Waals surface area (Å²) in [5.41, 5.74) is 0.383. The van der Waals surface area contributed by atoms with Crippen molar-refractivity contribution < 1.29 is 9.90 Å². The molecule has 0 amide bonds. The third kappa shape index (κ3) is 4.89. The van der Waals surface area contributed by atoms with Gasteiger partial charge in [-0.2, -0.15) is 0 Å². The zero-order valence-corrected chi connectivity index (χ0v) is 15.1. The number of hydrogen-bond donors (Lipinski definition) is 1. The van der Waals surface area contributed by atoms with E-state index in [-0.39, 0.29) is 27.3 Å². The van der Waals surface area contributed by atoms with E-state index in [1.54, 1.807) is 6.07 Å². The van der Waals surface area contributed by atoms with E-state index in [0.717, 1.165) is 0 Å². The van der Waals surface area contributed by atoms with Crippen LogP contribution in [0.3, 0.4) is 0 Å². The van der Waals surface area contributed by atoms with Gasteiger partial charge in [0.25, 0.3) is 0 Å². The van der Waals surface area contributed by atoms with Crippen molar-refractivity contribution in [2.45, 2.75) is 51.9 Å². The Kier molecular flexibility index (Phi) is 6.23. The van der Waals surface area contributed by atoms with Gasteiger partial charge in [0.05, 0.1) is 5.56 Å². The van der Waals surface area contributed by atoms with Crippen molar-refractivity contribution in [3.05, 3.63) is 29.8 Å². The summed E-state index contributed by atoms with van der Waals surface area (Å²) in [6.45, 7) is 13.4. The minimum Gasteiger partial charge on any atom is -0.478 e. The first kappa shape index (κ1) is 18.6. The molecular weight excluding hydrogens is 323 g/mol. The first-order valence-electron chi connectivity index (χ1n) is 6.17. The van der Waals surface area contributed by atoms with E-state index in [4.69, 9.17) is 5.11 Å². The maximum absolute atomic E-state index is 11.1.